The van der Waals surface area contributed by atoms with Crippen LogP contribution in [0.25, 0.3) is 0 Å². The summed E-state index contributed by atoms with van der Waals surface area (Å²) in [6.07, 6.45) is 3.63. The van der Waals surface area contributed by atoms with Gasteiger partial charge in [0.05, 0.1) is 19.7 Å². The summed E-state index contributed by atoms with van der Waals surface area (Å²) in [7, 11) is 1.43. The molecule has 1 unspecified atom stereocenters. The van der Waals surface area contributed by atoms with Crippen LogP contribution in [0.15, 0.2) is 54.5 Å². The number of hydrogen-bond donors (Lipinski definition) is 4. The largest absolute Gasteiger partial charge is 0.480 e. The Morgan fingerprint density at radius 2 is 2.03 bits per heavy atom. The number of pyridine rings is 1. The Balaban J connectivity index is 1.88. The van der Waals surface area contributed by atoms with E-state index in [1.165, 1.54) is 24.5 Å². The summed E-state index contributed by atoms with van der Waals surface area (Å²) in [4.78, 5) is 28.6. The summed E-state index contributed by atoms with van der Waals surface area (Å²) in [5.74, 6) is 5.06. The third kappa shape index (κ3) is 6.72. The highest BCUT2D eigenvalue weighted by Crippen LogP contribution is 2.14. The van der Waals surface area contributed by atoms with Gasteiger partial charge in [0.1, 0.15) is 17.3 Å². The van der Waals surface area contributed by atoms with E-state index in [1.807, 2.05) is 25.1 Å². The summed E-state index contributed by atoms with van der Waals surface area (Å²) >= 11 is 0. The summed E-state index contributed by atoms with van der Waals surface area (Å²) in [5.41, 5.74) is 7.72. The van der Waals surface area contributed by atoms with Crippen LogP contribution in [0.2, 0.25) is 0 Å². The van der Waals surface area contributed by atoms with Crippen molar-refractivity contribution in [2.75, 3.05) is 20.2 Å². The maximum Gasteiger partial charge on any atom is 0.270 e. The average molecular weight is 438 g/mol. The number of rotatable bonds is 10. The predicted octanol–water partition coefficient (Wildman–Crippen LogP) is 0.739. The minimum atomic E-state index is -0.847. The molecule has 0 spiro atoms. The molecule has 0 saturated carbocycles. The van der Waals surface area contributed by atoms with Crippen molar-refractivity contribution in [3.8, 4) is 11.9 Å². The van der Waals surface area contributed by atoms with Crippen molar-refractivity contribution in [1.82, 2.24) is 20.6 Å². The number of nitrogens with zero attached hydrogens (tertiary/aromatic N) is 3. The Bertz CT molecular complexity index is 999. The molecule has 1 aromatic carbocycles. The lowest BCUT2D eigenvalue weighted by atomic mass is 10.0. The lowest BCUT2D eigenvalue weighted by molar-refractivity contribution is -0.118. The third-order valence-corrected chi connectivity index (χ3v) is 4.56. The van der Waals surface area contributed by atoms with Gasteiger partial charge in [0.15, 0.2) is 0 Å². The Morgan fingerprint density at radius 3 is 2.66 bits per heavy atom. The molecule has 32 heavy (non-hydrogen) atoms. The molecule has 0 aliphatic heterocycles. The topological polar surface area (TPSA) is 159 Å². The number of nitriles is 1. The number of methoxy groups -OCH3 is 1. The Labute approximate surface area is 186 Å². The van der Waals surface area contributed by atoms with E-state index in [9.17, 15) is 14.9 Å². The smallest absolute Gasteiger partial charge is 0.270 e. The number of aryl methyl sites for hydroxylation is 1. The van der Waals surface area contributed by atoms with E-state index in [0.29, 0.717) is 11.1 Å². The van der Waals surface area contributed by atoms with Crippen molar-refractivity contribution in [3.05, 3.63) is 71.2 Å². The molecule has 0 aliphatic rings. The summed E-state index contributed by atoms with van der Waals surface area (Å²) in [6.45, 7) is 2.40. The number of hydrazine groups is 1. The summed E-state index contributed by atoms with van der Waals surface area (Å²) < 4.78 is 5.06. The minimum absolute atomic E-state index is 0.168. The van der Waals surface area contributed by atoms with E-state index >= 15 is 0 Å². The molecule has 0 bridgehead atoms. The zero-order chi connectivity index (χ0) is 23.5. The molecule has 0 aliphatic carbocycles. The fourth-order valence-corrected chi connectivity index (χ4v) is 2.77. The molecule has 1 atom stereocenters. The van der Waals surface area contributed by atoms with E-state index in [0.717, 1.165) is 12.0 Å². The van der Waals surface area contributed by atoms with Gasteiger partial charge in [-0.15, -0.1) is 0 Å². The second-order valence-electron chi connectivity index (χ2n) is 6.77. The van der Waals surface area contributed by atoms with Gasteiger partial charge in [0.25, 0.3) is 11.8 Å². The molecule has 0 fully saturated rings. The summed E-state index contributed by atoms with van der Waals surface area (Å²) in [6, 6.07) is 11.8. The van der Waals surface area contributed by atoms with Crippen LogP contribution in [0, 0.1) is 11.3 Å². The number of nitrogens with one attached hydrogen (secondary N) is 2. The molecule has 6 N–H and O–H groups in total. The summed E-state index contributed by atoms with van der Waals surface area (Å²) in [5, 5.41) is 15.8. The maximum absolute atomic E-state index is 12.4. The number of aromatic nitrogens is 1. The van der Waals surface area contributed by atoms with Crippen molar-refractivity contribution in [1.29, 1.82) is 5.26 Å². The van der Waals surface area contributed by atoms with E-state index in [1.54, 1.807) is 24.3 Å². The van der Waals surface area contributed by atoms with Gasteiger partial charge in [-0.1, -0.05) is 31.2 Å². The molecule has 10 heteroatoms. The molecular weight excluding hydrogens is 410 g/mol. The number of amides is 2. The van der Waals surface area contributed by atoms with Crippen LogP contribution < -0.4 is 26.9 Å². The van der Waals surface area contributed by atoms with Gasteiger partial charge in [-0.3, -0.25) is 9.59 Å². The number of ether oxygens (including phenoxy) is 1. The lowest BCUT2D eigenvalue weighted by Gasteiger charge is -2.17. The van der Waals surface area contributed by atoms with E-state index < -0.39 is 11.9 Å². The molecule has 2 amide bonds. The van der Waals surface area contributed by atoms with Crippen LogP contribution in [0.5, 0.6) is 5.88 Å². The van der Waals surface area contributed by atoms with Crippen molar-refractivity contribution in [3.63, 3.8) is 0 Å². The van der Waals surface area contributed by atoms with E-state index in [-0.39, 0.29) is 30.6 Å². The first-order chi connectivity index (χ1) is 15.4. The molecule has 1 aromatic heterocycles. The van der Waals surface area contributed by atoms with E-state index in [2.05, 4.69) is 15.6 Å². The second-order valence-corrected chi connectivity index (χ2v) is 6.77. The fourth-order valence-electron chi connectivity index (χ4n) is 2.77. The number of benzene rings is 1. The van der Waals surface area contributed by atoms with Crippen LogP contribution in [0.1, 0.15) is 34.5 Å². The van der Waals surface area contributed by atoms with Gasteiger partial charge in [0.2, 0.25) is 5.88 Å². The normalized spacial score (nSPS) is 11.8. The molecule has 0 radical (unpaired) electrons. The van der Waals surface area contributed by atoms with Gasteiger partial charge in [0, 0.05) is 18.9 Å². The second kappa shape index (κ2) is 11.9. The molecule has 0 saturated heterocycles. The van der Waals surface area contributed by atoms with Crippen LogP contribution in [-0.2, 0) is 11.2 Å². The van der Waals surface area contributed by atoms with Crippen LogP contribution in [0.3, 0.4) is 0 Å². The molecule has 168 valence electrons. The number of carbonyl (C=O) groups is 2. The zero-order valence-electron chi connectivity index (χ0n) is 18.0. The van der Waals surface area contributed by atoms with Gasteiger partial charge in [-0.25, -0.2) is 10.8 Å². The minimum Gasteiger partial charge on any atom is -0.480 e. The zero-order valence-corrected chi connectivity index (χ0v) is 18.0. The Morgan fingerprint density at radius 1 is 1.31 bits per heavy atom. The number of carbonyl (C=O) groups excluding carboxylic acids is 2. The van der Waals surface area contributed by atoms with Crippen molar-refractivity contribution < 1.29 is 14.3 Å². The van der Waals surface area contributed by atoms with Gasteiger partial charge < -0.3 is 26.1 Å². The molecule has 2 aromatic rings. The Kier molecular flexibility index (Phi) is 9.01. The highest BCUT2D eigenvalue weighted by Gasteiger charge is 2.16. The van der Waals surface area contributed by atoms with Crippen LogP contribution in [0.4, 0.5) is 0 Å². The highest BCUT2D eigenvalue weighted by molar-refractivity contribution is 5.96. The highest BCUT2D eigenvalue weighted by atomic mass is 16.5. The molecule has 10 nitrogen and oxygen atoms in total. The first-order valence-electron chi connectivity index (χ1n) is 9.94. The standard InChI is InChI=1S/C22H27N7O3/c1-3-15-6-8-16(9-7-15)19(13-23)28-21(31)18(24)14-29(25)12-11-26-20(30)17-5-4-10-27-22(17)32-2/h4-10,14,19H,3,11-12,24-25H2,1-2H3,(H,26,30)(H,28,31)/b18-14-. The fraction of sp³-hybridized carbons (Fsp3) is 0.273. The van der Waals surface area contributed by atoms with Crippen LogP contribution in [-0.4, -0.2) is 42.0 Å². The first kappa shape index (κ1) is 24.2. The van der Waals surface area contributed by atoms with Crippen molar-refractivity contribution in [2.24, 2.45) is 11.6 Å². The SMILES string of the molecule is CCc1ccc(C(C#N)NC(=O)/C(N)=C/N(N)CCNC(=O)c2cccnc2OC)cc1. The van der Waals surface area contributed by atoms with Crippen LogP contribution >= 0.6 is 0 Å². The quantitative estimate of drug-likeness (QED) is 0.240. The lowest BCUT2D eigenvalue weighted by Crippen LogP contribution is -2.38. The molecule has 1 heterocycles. The van der Waals surface area contributed by atoms with Gasteiger partial charge in [-0.05, 0) is 29.7 Å². The number of hydrogen-bond acceptors (Lipinski definition) is 8. The molecule has 2 rings (SSSR count). The monoisotopic (exact) mass is 437 g/mol. The predicted molar refractivity (Wildman–Crippen MR) is 119 cm³/mol. The average Bonchev–Trinajstić information content (AvgIpc) is 2.82. The van der Waals surface area contributed by atoms with Crippen molar-refractivity contribution in [2.45, 2.75) is 19.4 Å². The van der Waals surface area contributed by atoms with Crippen molar-refractivity contribution >= 4 is 11.8 Å². The van der Waals surface area contributed by atoms with E-state index in [4.69, 9.17) is 16.3 Å². The molecular formula is C22H27N7O3. The first-order valence-corrected chi connectivity index (χ1v) is 9.94. The van der Waals surface area contributed by atoms with Gasteiger partial charge in [-0.2, -0.15) is 5.26 Å². The maximum atomic E-state index is 12.4. The Hall–Kier alpha value is -4.10. The number of nitrogens with two attached hydrogens (primary N) is 2. The van der Waals surface area contributed by atoms with Gasteiger partial charge >= 0.3 is 0 Å². The third-order valence-electron chi connectivity index (χ3n) is 4.56.